The smallest absolute Gasteiger partial charge is 0.118 e. The van der Waals surface area contributed by atoms with Crippen LogP contribution in [-0.4, -0.2) is 24.5 Å². The molecule has 1 aliphatic rings. The topological polar surface area (TPSA) is 28.4 Å². The minimum absolute atomic E-state index is 0.607. The second-order valence-electron chi connectivity index (χ2n) is 6.13. The largest absolute Gasteiger partial charge is 0.463 e. The fourth-order valence-corrected chi connectivity index (χ4v) is 3.21. The van der Waals surface area contributed by atoms with Crippen LogP contribution in [0.15, 0.2) is 16.5 Å². The monoisotopic (exact) mass is 278 g/mol. The van der Waals surface area contributed by atoms with Crippen LogP contribution in [-0.2, 0) is 13.1 Å². The lowest BCUT2D eigenvalue weighted by Crippen LogP contribution is -2.39. The van der Waals surface area contributed by atoms with Gasteiger partial charge >= 0.3 is 0 Å². The maximum absolute atomic E-state index is 5.89. The number of hydrogen-bond acceptors (Lipinski definition) is 3. The predicted octanol–water partition coefficient (Wildman–Crippen LogP) is 3.79. The Labute approximate surface area is 123 Å². The van der Waals surface area contributed by atoms with Crippen molar-refractivity contribution in [1.29, 1.82) is 0 Å². The second kappa shape index (κ2) is 7.28. The summed E-state index contributed by atoms with van der Waals surface area (Å²) in [4.78, 5) is 2.54. The van der Waals surface area contributed by atoms with E-state index in [-0.39, 0.29) is 0 Å². The molecule has 1 saturated heterocycles. The van der Waals surface area contributed by atoms with E-state index in [1.165, 1.54) is 38.8 Å². The lowest BCUT2D eigenvalue weighted by molar-refractivity contribution is 0.0860. The van der Waals surface area contributed by atoms with Crippen LogP contribution < -0.4 is 5.32 Å². The van der Waals surface area contributed by atoms with Crippen molar-refractivity contribution in [3.8, 4) is 0 Å². The standard InChI is InChI=1S/C17H30N2O/c1-4-17(5-2)9-11-19(12-10-17)14-16-8-7-15(20-16)13-18-6-3/h7-8,18H,4-6,9-14H2,1-3H3. The average Bonchev–Trinajstić information content (AvgIpc) is 2.94. The molecule has 0 radical (unpaired) electrons. The van der Waals surface area contributed by atoms with Crippen molar-refractivity contribution in [2.75, 3.05) is 19.6 Å². The molecular formula is C17H30N2O. The number of nitrogens with one attached hydrogen (secondary N) is 1. The van der Waals surface area contributed by atoms with Crippen LogP contribution in [0.1, 0.15) is 58.0 Å². The van der Waals surface area contributed by atoms with Crippen LogP contribution in [0, 0.1) is 5.41 Å². The number of hydrogen-bond donors (Lipinski definition) is 1. The van der Waals surface area contributed by atoms with Gasteiger partial charge < -0.3 is 9.73 Å². The maximum atomic E-state index is 5.89. The zero-order chi connectivity index (χ0) is 14.4. The molecule has 3 heteroatoms. The molecule has 1 fully saturated rings. The van der Waals surface area contributed by atoms with Gasteiger partial charge in [0.2, 0.25) is 0 Å². The summed E-state index contributed by atoms with van der Waals surface area (Å²) in [7, 11) is 0. The summed E-state index contributed by atoms with van der Waals surface area (Å²) in [5.74, 6) is 2.16. The molecule has 1 aromatic rings. The maximum Gasteiger partial charge on any atom is 0.118 e. The van der Waals surface area contributed by atoms with Crippen molar-refractivity contribution in [2.45, 2.75) is 59.5 Å². The van der Waals surface area contributed by atoms with E-state index in [0.717, 1.165) is 31.2 Å². The zero-order valence-electron chi connectivity index (χ0n) is 13.4. The Morgan fingerprint density at radius 3 is 2.35 bits per heavy atom. The van der Waals surface area contributed by atoms with Crippen molar-refractivity contribution in [2.24, 2.45) is 5.41 Å². The lowest BCUT2D eigenvalue weighted by Gasteiger charge is -2.40. The quantitative estimate of drug-likeness (QED) is 0.822. The Kier molecular flexibility index (Phi) is 5.67. The molecule has 0 aliphatic carbocycles. The number of likely N-dealkylation sites (tertiary alicyclic amines) is 1. The van der Waals surface area contributed by atoms with Crippen molar-refractivity contribution in [3.63, 3.8) is 0 Å². The van der Waals surface area contributed by atoms with Gasteiger partial charge in [0.05, 0.1) is 13.1 Å². The normalized spacial score (nSPS) is 19.4. The van der Waals surface area contributed by atoms with Gasteiger partial charge in [-0.25, -0.2) is 0 Å². The van der Waals surface area contributed by atoms with Gasteiger partial charge in [-0.15, -0.1) is 0 Å². The molecule has 0 amide bonds. The molecule has 0 spiro atoms. The summed E-state index contributed by atoms with van der Waals surface area (Å²) in [5.41, 5.74) is 0.607. The van der Waals surface area contributed by atoms with Crippen molar-refractivity contribution in [1.82, 2.24) is 10.2 Å². The van der Waals surface area contributed by atoms with Gasteiger partial charge in [0, 0.05) is 0 Å². The first-order valence-electron chi connectivity index (χ1n) is 8.22. The molecule has 2 heterocycles. The highest BCUT2D eigenvalue weighted by molar-refractivity contribution is 5.07. The molecule has 0 bridgehead atoms. The minimum atomic E-state index is 0.607. The molecule has 114 valence electrons. The SMILES string of the molecule is CCNCc1ccc(CN2CCC(CC)(CC)CC2)o1. The van der Waals surface area contributed by atoms with Crippen LogP contribution >= 0.6 is 0 Å². The van der Waals surface area contributed by atoms with E-state index in [1.807, 2.05) is 0 Å². The van der Waals surface area contributed by atoms with Crippen LogP contribution in [0.3, 0.4) is 0 Å². The van der Waals surface area contributed by atoms with Crippen molar-refractivity contribution < 1.29 is 4.42 Å². The van der Waals surface area contributed by atoms with Gasteiger partial charge in [0.15, 0.2) is 0 Å². The first kappa shape index (κ1) is 15.6. The summed E-state index contributed by atoms with van der Waals surface area (Å²) in [6, 6.07) is 4.23. The fraction of sp³-hybridized carbons (Fsp3) is 0.765. The number of piperidine rings is 1. The molecule has 1 aromatic heterocycles. The van der Waals surface area contributed by atoms with Crippen LogP contribution in [0.4, 0.5) is 0 Å². The van der Waals surface area contributed by atoms with E-state index in [1.54, 1.807) is 0 Å². The van der Waals surface area contributed by atoms with E-state index in [2.05, 4.69) is 43.1 Å². The molecule has 0 atom stereocenters. The summed E-state index contributed by atoms with van der Waals surface area (Å²) in [6.07, 6.45) is 5.33. The van der Waals surface area contributed by atoms with E-state index in [9.17, 15) is 0 Å². The van der Waals surface area contributed by atoms with E-state index < -0.39 is 0 Å². The Balaban J connectivity index is 1.82. The minimum Gasteiger partial charge on any atom is -0.463 e. The summed E-state index contributed by atoms with van der Waals surface area (Å²) < 4.78 is 5.89. The number of furan rings is 1. The van der Waals surface area contributed by atoms with Crippen molar-refractivity contribution in [3.05, 3.63) is 23.7 Å². The Morgan fingerprint density at radius 2 is 1.75 bits per heavy atom. The first-order valence-corrected chi connectivity index (χ1v) is 8.22. The molecule has 1 aliphatic heterocycles. The molecule has 20 heavy (non-hydrogen) atoms. The highest BCUT2D eigenvalue weighted by atomic mass is 16.3. The molecule has 0 unspecified atom stereocenters. The van der Waals surface area contributed by atoms with Crippen LogP contribution in [0.2, 0.25) is 0 Å². The molecule has 0 aromatic carbocycles. The van der Waals surface area contributed by atoms with E-state index in [4.69, 9.17) is 4.42 Å². The Bertz CT molecular complexity index is 385. The molecule has 1 N–H and O–H groups in total. The van der Waals surface area contributed by atoms with Gasteiger partial charge in [-0.2, -0.15) is 0 Å². The zero-order valence-corrected chi connectivity index (χ0v) is 13.4. The third-order valence-electron chi connectivity index (χ3n) is 5.06. The third kappa shape index (κ3) is 3.86. The van der Waals surface area contributed by atoms with Gasteiger partial charge in [-0.3, -0.25) is 4.90 Å². The van der Waals surface area contributed by atoms with Crippen LogP contribution in [0.25, 0.3) is 0 Å². The fourth-order valence-electron chi connectivity index (χ4n) is 3.21. The third-order valence-corrected chi connectivity index (χ3v) is 5.06. The highest BCUT2D eigenvalue weighted by Gasteiger charge is 2.31. The molecule has 3 nitrogen and oxygen atoms in total. The Morgan fingerprint density at radius 1 is 1.10 bits per heavy atom. The van der Waals surface area contributed by atoms with Gasteiger partial charge in [0.25, 0.3) is 0 Å². The highest BCUT2D eigenvalue weighted by Crippen LogP contribution is 2.38. The van der Waals surface area contributed by atoms with Gasteiger partial charge in [0.1, 0.15) is 11.5 Å². The lowest BCUT2D eigenvalue weighted by atomic mass is 9.74. The van der Waals surface area contributed by atoms with E-state index >= 15 is 0 Å². The van der Waals surface area contributed by atoms with Crippen LogP contribution in [0.5, 0.6) is 0 Å². The Hall–Kier alpha value is -0.800. The summed E-state index contributed by atoms with van der Waals surface area (Å²) >= 11 is 0. The van der Waals surface area contributed by atoms with Crippen molar-refractivity contribution >= 4 is 0 Å². The molecule has 0 saturated carbocycles. The number of rotatable bonds is 7. The van der Waals surface area contributed by atoms with Gasteiger partial charge in [-0.1, -0.05) is 33.6 Å². The average molecular weight is 278 g/mol. The predicted molar refractivity (Wildman–Crippen MR) is 83.6 cm³/mol. The van der Waals surface area contributed by atoms with Gasteiger partial charge in [-0.05, 0) is 50.0 Å². The van der Waals surface area contributed by atoms with E-state index in [0.29, 0.717) is 5.41 Å². The number of nitrogens with zero attached hydrogens (tertiary/aromatic N) is 1. The summed E-state index contributed by atoms with van der Waals surface area (Å²) in [5, 5.41) is 3.30. The summed E-state index contributed by atoms with van der Waals surface area (Å²) in [6.45, 7) is 12.0. The second-order valence-corrected chi connectivity index (χ2v) is 6.13. The first-order chi connectivity index (χ1) is 9.71. The molecule has 2 rings (SSSR count). The molecular weight excluding hydrogens is 248 g/mol.